The van der Waals surface area contributed by atoms with Gasteiger partial charge in [0.2, 0.25) is 17.7 Å². The van der Waals surface area contributed by atoms with Gasteiger partial charge in [0, 0.05) is 42.5 Å². The van der Waals surface area contributed by atoms with Gasteiger partial charge in [-0.15, -0.1) is 10.3 Å². The van der Waals surface area contributed by atoms with Crippen LogP contribution in [-0.4, -0.2) is 99.4 Å². The molecule has 1 radical (unpaired) electrons. The zero-order chi connectivity index (χ0) is 45.1. The third-order valence-corrected chi connectivity index (χ3v) is 10.6. The van der Waals surface area contributed by atoms with Crippen molar-refractivity contribution in [1.82, 2.24) is 31.2 Å². The van der Waals surface area contributed by atoms with Crippen LogP contribution in [0.15, 0.2) is 42.5 Å². The number of nitrogens with one attached hydrogen (secondary N) is 4. The van der Waals surface area contributed by atoms with Crippen molar-refractivity contribution in [2.45, 2.75) is 187 Å². The average molecular weight is 840 g/mol. The molecule has 0 aliphatic carbocycles. The minimum atomic E-state index is -0.862. The molecule has 0 bridgehead atoms. The monoisotopic (exact) mass is 840 g/mol. The number of nitrogens with zero attached hydrogens (tertiary/aromatic N) is 2. The van der Waals surface area contributed by atoms with Gasteiger partial charge < -0.3 is 35.6 Å². The number of ether oxygens (including phenoxy) is 2. The third-order valence-electron chi connectivity index (χ3n) is 10.6. The SMILES string of the molecule is CC(C)C[C@@H](/C=C/[C@H](Cc1ccccc1)C(=O)N1CCC[C@H]1C(=O)N[C@@H](CCCCNC(=O)OC1CC(C)(C)N([O])C(C)(C)C1)C(=O)NC(C)(C)C)NC(=O)OC(C)(C)C. The van der Waals surface area contributed by atoms with Gasteiger partial charge in [-0.3, -0.25) is 14.4 Å². The number of hydrogen-bond acceptors (Lipinski definition) is 8. The van der Waals surface area contributed by atoms with Crippen molar-refractivity contribution in [3.8, 4) is 0 Å². The molecule has 14 heteroatoms. The summed E-state index contributed by atoms with van der Waals surface area (Å²) in [5, 5.41) is 25.5. The van der Waals surface area contributed by atoms with Gasteiger partial charge in [0.25, 0.3) is 0 Å². The highest BCUT2D eigenvalue weighted by atomic mass is 16.6. The summed E-state index contributed by atoms with van der Waals surface area (Å²) in [6.07, 6.45) is 6.56. The van der Waals surface area contributed by atoms with E-state index in [0.717, 1.165) is 10.6 Å². The first-order chi connectivity index (χ1) is 27.8. The normalized spacial score (nSPS) is 20.0. The Morgan fingerprint density at radius 3 is 2.10 bits per heavy atom. The lowest BCUT2D eigenvalue weighted by atomic mass is 9.80. The van der Waals surface area contributed by atoms with Crippen LogP contribution in [0, 0.1) is 11.8 Å². The Kier molecular flexibility index (Phi) is 18.0. The first-order valence-corrected chi connectivity index (χ1v) is 21.8. The maximum Gasteiger partial charge on any atom is 0.408 e. The molecule has 0 unspecified atom stereocenters. The number of rotatable bonds is 17. The Labute approximate surface area is 359 Å². The molecule has 2 heterocycles. The van der Waals surface area contributed by atoms with E-state index in [9.17, 15) is 29.2 Å². The Balaban J connectivity index is 1.70. The second-order valence-electron chi connectivity index (χ2n) is 20.3. The van der Waals surface area contributed by atoms with E-state index in [1.807, 2.05) is 91.0 Å². The molecule has 60 heavy (non-hydrogen) atoms. The second kappa shape index (κ2) is 21.6. The first kappa shape index (κ1) is 50.2. The summed E-state index contributed by atoms with van der Waals surface area (Å²) >= 11 is 0. The number of hydrogen-bond donors (Lipinski definition) is 4. The smallest absolute Gasteiger partial charge is 0.408 e. The topological polar surface area (TPSA) is 178 Å². The first-order valence-electron chi connectivity index (χ1n) is 21.8. The molecule has 5 amide bonds. The van der Waals surface area contributed by atoms with Gasteiger partial charge >= 0.3 is 12.2 Å². The molecule has 2 aliphatic rings. The van der Waals surface area contributed by atoms with E-state index in [1.165, 1.54) is 0 Å². The maximum atomic E-state index is 14.5. The Morgan fingerprint density at radius 1 is 0.883 bits per heavy atom. The lowest BCUT2D eigenvalue weighted by molar-refractivity contribution is -0.298. The van der Waals surface area contributed by atoms with Crippen LogP contribution in [0.25, 0.3) is 0 Å². The lowest BCUT2D eigenvalue weighted by Crippen LogP contribution is -2.60. The summed E-state index contributed by atoms with van der Waals surface area (Å²) in [4.78, 5) is 69.2. The summed E-state index contributed by atoms with van der Waals surface area (Å²) in [5.74, 6) is -1.29. The minimum Gasteiger partial charge on any atom is -0.446 e. The van der Waals surface area contributed by atoms with Gasteiger partial charge in [0.05, 0.1) is 12.0 Å². The van der Waals surface area contributed by atoms with Crippen LogP contribution >= 0.6 is 0 Å². The van der Waals surface area contributed by atoms with E-state index in [2.05, 4.69) is 35.1 Å². The third kappa shape index (κ3) is 16.7. The molecule has 0 aromatic heterocycles. The van der Waals surface area contributed by atoms with Crippen molar-refractivity contribution in [3.05, 3.63) is 48.0 Å². The Bertz CT molecular complexity index is 1600. The van der Waals surface area contributed by atoms with Crippen LogP contribution in [0.4, 0.5) is 9.59 Å². The molecule has 14 nitrogen and oxygen atoms in total. The largest absolute Gasteiger partial charge is 0.446 e. The molecule has 4 atom stereocenters. The Morgan fingerprint density at radius 2 is 1.52 bits per heavy atom. The molecule has 1 aromatic carbocycles. The molecular weight excluding hydrogens is 765 g/mol. The minimum absolute atomic E-state index is 0.201. The highest BCUT2D eigenvalue weighted by Crippen LogP contribution is 2.38. The number of benzene rings is 1. The molecular formula is C46H75N6O8. The molecule has 0 spiro atoms. The van der Waals surface area contributed by atoms with Gasteiger partial charge in [-0.05, 0) is 126 Å². The van der Waals surface area contributed by atoms with Crippen molar-refractivity contribution < 1.29 is 38.7 Å². The van der Waals surface area contributed by atoms with Crippen molar-refractivity contribution in [3.63, 3.8) is 0 Å². The second-order valence-corrected chi connectivity index (χ2v) is 20.3. The van der Waals surface area contributed by atoms with Crippen molar-refractivity contribution in [1.29, 1.82) is 0 Å². The molecule has 337 valence electrons. The van der Waals surface area contributed by atoms with E-state index in [4.69, 9.17) is 9.47 Å². The lowest BCUT2D eigenvalue weighted by Gasteiger charge is -2.49. The summed E-state index contributed by atoms with van der Waals surface area (Å²) in [7, 11) is 0. The fraction of sp³-hybridized carbons (Fsp3) is 0.717. The van der Waals surface area contributed by atoms with Crippen molar-refractivity contribution in [2.24, 2.45) is 11.8 Å². The highest BCUT2D eigenvalue weighted by Gasteiger charge is 2.47. The van der Waals surface area contributed by atoms with Crippen LogP contribution in [0.3, 0.4) is 0 Å². The number of carbonyl (C=O) groups excluding carboxylic acids is 5. The molecule has 1 aromatic rings. The predicted molar refractivity (Wildman–Crippen MR) is 232 cm³/mol. The summed E-state index contributed by atoms with van der Waals surface area (Å²) in [5.41, 5.74) is -1.58. The van der Waals surface area contributed by atoms with Gasteiger partial charge in [0.15, 0.2) is 0 Å². The van der Waals surface area contributed by atoms with E-state index in [0.29, 0.717) is 70.9 Å². The molecule has 0 saturated carbocycles. The molecule has 2 aliphatic heterocycles. The standard InChI is InChI=1S/C46H75N6O8/c1-31(2)27-34(48-42(57)60-44(6,7)8)24-23-33(28-32-19-14-13-15-20-32)40(55)51-26-18-22-37(51)39(54)49-36(38(53)50-43(3,4)5)21-16-17-25-47-41(56)59-35-29-45(9,10)52(58)46(11,12)30-35/h13-15,19-20,23-24,31,33-37H,16-18,21-22,25-30H2,1-12H3,(H,47,56)(H,48,57)(H,49,54)(H,50,53)/b24-23+/t33-,34-,36+,37+/m1/s1. The number of piperidine rings is 1. The summed E-state index contributed by atoms with van der Waals surface area (Å²) in [6.45, 7) is 23.2. The molecule has 4 N–H and O–H groups in total. The maximum absolute atomic E-state index is 14.5. The fourth-order valence-electron chi connectivity index (χ4n) is 8.15. The van der Waals surface area contributed by atoms with E-state index >= 15 is 0 Å². The number of alkyl carbamates (subject to hydrolysis) is 2. The molecule has 3 rings (SSSR count). The summed E-state index contributed by atoms with van der Waals surface area (Å²) < 4.78 is 11.2. The van der Waals surface area contributed by atoms with Gasteiger partial charge in [-0.1, -0.05) is 56.3 Å². The highest BCUT2D eigenvalue weighted by molar-refractivity contribution is 5.93. The molecule has 2 saturated heterocycles. The zero-order valence-corrected chi connectivity index (χ0v) is 38.4. The summed E-state index contributed by atoms with van der Waals surface area (Å²) in [6, 6.07) is 7.68. The van der Waals surface area contributed by atoms with Crippen LogP contribution in [0.5, 0.6) is 0 Å². The molecule has 2 fully saturated rings. The number of amides is 5. The predicted octanol–water partition coefficient (Wildman–Crippen LogP) is 7.00. The van der Waals surface area contributed by atoms with E-state index in [1.54, 1.807) is 25.7 Å². The van der Waals surface area contributed by atoms with Gasteiger partial charge in [-0.2, -0.15) is 0 Å². The van der Waals surface area contributed by atoms with Gasteiger partial charge in [0.1, 0.15) is 23.8 Å². The van der Waals surface area contributed by atoms with Crippen molar-refractivity contribution >= 4 is 29.9 Å². The van der Waals surface area contributed by atoms with Gasteiger partial charge in [-0.25, -0.2) is 9.59 Å². The van der Waals surface area contributed by atoms with Crippen LogP contribution < -0.4 is 21.3 Å². The number of carbonyl (C=O) groups is 5. The van der Waals surface area contributed by atoms with Crippen LogP contribution in [0.1, 0.15) is 140 Å². The Hall–Kier alpha value is -4.17. The van der Waals surface area contributed by atoms with E-state index in [-0.39, 0.29) is 23.8 Å². The van der Waals surface area contributed by atoms with E-state index < -0.39 is 64.4 Å². The zero-order valence-electron chi connectivity index (χ0n) is 38.4. The average Bonchev–Trinajstić information content (AvgIpc) is 3.60. The number of likely N-dealkylation sites (tertiary alicyclic amines) is 1. The number of unbranched alkanes of at least 4 members (excludes halogenated alkanes) is 1. The fourth-order valence-corrected chi connectivity index (χ4v) is 8.15. The quantitative estimate of drug-likeness (QED) is 0.0958. The number of hydroxylamine groups is 2. The van der Waals surface area contributed by atoms with Crippen LogP contribution in [0.2, 0.25) is 0 Å². The van der Waals surface area contributed by atoms with Crippen molar-refractivity contribution in [2.75, 3.05) is 13.1 Å². The van der Waals surface area contributed by atoms with Crippen LogP contribution in [-0.2, 0) is 35.5 Å².